The van der Waals surface area contributed by atoms with Crippen molar-refractivity contribution in [2.75, 3.05) is 26.1 Å². The molecule has 0 fully saturated rings. The zero-order valence-corrected chi connectivity index (χ0v) is 18.7. The van der Waals surface area contributed by atoms with Crippen LogP contribution in [0, 0.1) is 0 Å². The summed E-state index contributed by atoms with van der Waals surface area (Å²) in [5.41, 5.74) is 2.00. The summed E-state index contributed by atoms with van der Waals surface area (Å²) in [5, 5.41) is 0. The van der Waals surface area contributed by atoms with Crippen molar-refractivity contribution in [1.82, 2.24) is 0 Å². The van der Waals surface area contributed by atoms with E-state index in [1.807, 2.05) is 12.1 Å². The fraction of sp³-hybridized carbons (Fsp3) is 0.375. The van der Waals surface area contributed by atoms with Crippen LogP contribution in [0.4, 0.5) is 0 Å². The highest BCUT2D eigenvalue weighted by atomic mass is 32.2. The normalized spacial score (nSPS) is 14.7. The predicted octanol–water partition coefficient (Wildman–Crippen LogP) is 4.22. The summed E-state index contributed by atoms with van der Waals surface area (Å²) in [6.07, 6.45) is 4.37. The maximum absolute atomic E-state index is 12.5. The third-order valence-electron chi connectivity index (χ3n) is 5.01. The van der Waals surface area contributed by atoms with Crippen LogP contribution >= 0.6 is 0 Å². The van der Waals surface area contributed by atoms with Crippen molar-refractivity contribution in [3.63, 3.8) is 0 Å². The molecule has 1 aliphatic rings. The van der Waals surface area contributed by atoms with Crippen molar-refractivity contribution in [1.29, 1.82) is 0 Å². The number of fused-ring (bicyclic) bond motifs is 1. The highest BCUT2D eigenvalue weighted by Crippen LogP contribution is 2.30. The number of sulfone groups is 1. The number of methoxy groups -OCH3 is 1. The molecule has 166 valence electrons. The average molecular weight is 445 g/mol. The average Bonchev–Trinajstić information content (AvgIpc) is 2.91. The molecule has 0 bridgehead atoms. The Hall–Kier alpha value is -2.80. The van der Waals surface area contributed by atoms with Crippen LogP contribution in [0.15, 0.2) is 52.9 Å². The minimum Gasteiger partial charge on any atom is -0.494 e. The number of aryl methyl sites for hydroxylation is 1. The van der Waals surface area contributed by atoms with Gasteiger partial charge in [-0.1, -0.05) is 19.1 Å². The number of hydrogen-bond acceptors (Lipinski definition) is 6. The molecular weight excluding hydrogens is 416 g/mol. The van der Waals surface area contributed by atoms with E-state index in [1.54, 1.807) is 24.3 Å². The number of carbonyl (C=O) groups is 1. The van der Waals surface area contributed by atoms with E-state index in [1.165, 1.54) is 12.7 Å². The molecule has 0 aliphatic carbocycles. The van der Waals surface area contributed by atoms with Gasteiger partial charge in [0.25, 0.3) is 0 Å². The molecule has 0 N–H and O–H groups in total. The van der Waals surface area contributed by atoms with E-state index in [4.69, 9.17) is 14.2 Å². The topological polar surface area (TPSA) is 78.9 Å². The van der Waals surface area contributed by atoms with Gasteiger partial charge in [-0.2, -0.15) is 0 Å². The minimum absolute atomic E-state index is 0.122. The molecule has 0 unspecified atom stereocenters. The second-order valence-corrected chi connectivity index (χ2v) is 9.45. The molecule has 31 heavy (non-hydrogen) atoms. The highest BCUT2D eigenvalue weighted by molar-refractivity contribution is 7.91. The van der Waals surface area contributed by atoms with Crippen molar-refractivity contribution in [2.45, 2.75) is 37.5 Å². The lowest BCUT2D eigenvalue weighted by Crippen LogP contribution is -2.10. The number of hydrogen-bond donors (Lipinski definition) is 0. The second-order valence-electron chi connectivity index (χ2n) is 7.37. The molecule has 0 amide bonds. The first-order valence-corrected chi connectivity index (χ1v) is 12.1. The number of esters is 1. The van der Waals surface area contributed by atoms with Crippen LogP contribution in [0.5, 0.6) is 11.5 Å². The Morgan fingerprint density at radius 2 is 1.71 bits per heavy atom. The maximum atomic E-state index is 12.5. The number of carbonyl (C=O) groups excluding carboxylic acids is 1. The quantitative estimate of drug-likeness (QED) is 0.426. The smallest absolute Gasteiger partial charge is 0.333 e. The lowest BCUT2D eigenvalue weighted by atomic mass is 10.1. The van der Waals surface area contributed by atoms with Crippen LogP contribution in [0.25, 0.3) is 6.08 Å². The van der Waals surface area contributed by atoms with Crippen LogP contribution in [0.1, 0.15) is 37.3 Å². The second kappa shape index (κ2) is 10.5. The van der Waals surface area contributed by atoms with Crippen molar-refractivity contribution in [3.8, 4) is 11.5 Å². The maximum Gasteiger partial charge on any atom is 0.333 e. The van der Waals surface area contributed by atoms with Crippen LogP contribution in [0.3, 0.4) is 0 Å². The van der Waals surface area contributed by atoms with E-state index in [0.717, 1.165) is 25.0 Å². The van der Waals surface area contributed by atoms with Crippen LogP contribution in [-0.2, 0) is 25.8 Å². The van der Waals surface area contributed by atoms with Gasteiger partial charge >= 0.3 is 5.97 Å². The van der Waals surface area contributed by atoms with E-state index < -0.39 is 15.8 Å². The molecule has 2 aromatic rings. The van der Waals surface area contributed by atoms with E-state index >= 15 is 0 Å². The van der Waals surface area contributed by atoms with Gasteiger partial charge in [0.1, 0.15) is 11.5 Å². The van der Waals surface area contributed by atoms with Gasteiger partial charge in [-0.15, -0.1) is 0 Å². The van der Waals surface area contributed by atoms with Gasteiger partial charge < -0.3 is 14.2 Å². The Morgan fingerprint density at radius 3 is 2.42 bits per heavy atom. The molecule has 7 heteroatoms. The zero-order valence-electron chi connectivity index (χ0n) is 17.9. The summed E-state index contributed by atoms with van der Waals surface area (Å²) < 4.78 is 41.2. The molecule has 0 saturated carbocycles. The Labute approximate surface area is 183 Å². The third-order valence-corrected chi connectivity index (χ3v) is 6.79. The fourth-order valence-electron chi connectivity index (χ4n) is 3.36. The van der Waals surface area contributed by atoms with E-state index in [2.05, 4.69) is 19.1 Å². The Morgan fingerprint density at radius 1 is 1.00 bits per heavy atom. The van der Waals surface area contributed by atoms with E-state index in [-0.39, 0.29) is 17.1 Å². The van der Waals surface area contributed by atoms with Gasteiger partial charge in [0.05, 0.1) is 31.0 Å². The molecule has 0 aromatic heterocycles. The molecule has 0 spiro atoms. The summed E-state index contributed by atoms with van der Waals surface area (Å²) in [4.78, 5) is 12.1. The van der Waals surface area contributed by atoms with Gasteiger partial charge in [0.15, 0.2) is 9.84 Å². The van der Waals surface area contributed by atoms with Gasteiger partial charge in [0.2, 0.25) is 0 Å². The van der Waals surface area contributed by atoms with Gasteiger partial charge in [-0.05, 0) is 73.2 Å². The Balaban J connectivity index is 1.61. The van der Waals surface area contributed by atoms with Crippen molar-refractivity contribution >= 4 is 21.9 Å². The molecule has 3 rings (SSSR count). The molecular formula is C24H28O6S. The summed E-state index contributed by atoms with van der Waals surface area (Å²) in [6, 6.07) is 12.9. The molecule has 2 aromatic carbocycles. The molecule has 0 radical (unpaired) electrons. The van der Waals surface area contributed by atoms with Crippen LogP contribution in [-0.4, -0.2) is 40.5 Å². The van der Waals surface area contributed by atoms with Gasteiger partial charge in [0, 0.05) is 5.57 Å². The lowest BCUT2D eigenvalue weighted by molar-refractivity contribution is -0.136. The summed E-state index contributed by atoms with van der Waals surface area (Å²) in [6.45, 7) is 3.28. The first-order chi connectivity index (χ1) is 14.9. The molecule has 6 nitrogen and oxygen atoms in total. The SMILES string of the molecule is CCCOc1ccc(CCCOc2ccc3c(c2)C=C(C(=O)OC)CCS3(=O)=O)cc1. The minimum atomic E-state index is -3.47. The standard InChI is InChI=1S/C24H28O6S/c1-3-13-29-21-8-6-18(7-9-21)5-4-14-30-22-10-11-23-20(17-22)16-19(24(25)28-2)12-15-31(23,26)27/h6-11,16-17H,3-5,12-15H2,1-2H3. The summed E-state index contributed by atoms with van der Waals surface area (Å²) in [5.74, 6) is 0.810. The third kappa shape index (κ3) is 6.10. The zero-order chi connectivity index (χ0) is 22.3. The first kappa shape index (κ1) is 22.9. The Kier molecular flexibility index (Phi) is 7.74. The predicted molar refractivity (Wildman–Crippen MR) is 119 cm³/mol. The van der Waals surface area contributed by atoms with E-state index in [9.17, 15) is 13.2 Å². The highest BCUT2D eigenvalue weighted by Gasteiger charge is 2.25. The summed E-state index contributed by atoms with van der Waals surface area (Å²) >= 11 is 0. The van der Waals surface area contributed by atoms with Gasteiger partial charge in [-0.25, -0.2) is 13.2 Å². The number of benzene rings is 2. The number of ether oxygens (including phenoxy) is 3. The molecule has 1 aliphatic heterocycles. The van der Waals surface area contributed by atoms with Crippen LogP contribution in [0.2, 0.25) is 0 Å². The first-order valence-electron chi connectivity index (χ1n) is 10.4. The van der Waals surface area contributed by atoms with Crippen LogP contribution < -0.4 is 9.47 Å². The van der Waals surface area contributed by atoms with Gasteiger partial charge in [-0.3, -0.25) is 0 Å². The fourth-order valence-corrected chi connectivity index (χ4v) is 4.82. The monoisotopic (exact) mass is 444 g/mol. The largest absolute Gasteiger partial charge is 0.494 e. The number of rotatable bonds is 9. The van der Waals surface area contributed by atoms with Crippen molar-refractivity contribution in [3.05, 3.63) is 59.2 Å². The van der Waals surface area contributed by atoms with Crippen molar-refractivity contribution < 1.29 is 27.4 Å². The lowest BCUT2D eigenvalue weighted by Gasteiger charge is -2.10. The summed E-state index contributed by atoms with van der Waals surface area (Å²) in [7, 11) is -2.18. The van der Waals surface area contributed by atoms with Crippen molar-refractivity contribution in [2.24, 2.45) is 0 Å². The molecule has 0 saturated heterocycles. The Bertz CT molecular complexity index is 1040. The molecule has 0 atom stereocenters. The van der Waals surface area contributed by atoms with E-state index in [0.29, 0.717) is 30.1 Å². The molecule has 1 heterocycles.